The number of likely N-dealkylation sites (tertiary alicyclic amines) is 1. The van der Waals surface area contributed by atoms with Gasteiger partial charge in [-0.2, -0.15) is 0 Å². The average molecular weight is 185 g/mol. The summed E-state index contributed by atoms with van der Waals surface area (Å²) in [5.74, 6) is 0. The average Bonchev–Trinajstić information content (AvgIpc) is 2.31. The summed E-state index contributed by atoms with van der Waals surface area (Å²) >= 11 is 0. The third kappa shape index (κ3) is 2.68. The van der Waals surface area contributed by atoms with Crippen LogP contribution in [0.3, 0.4) is 0 Å². The lowest BCUT2D eigenvalue weighted by molar-refractivity contribution is -0.00157. The molecule has 1 unspecified atom stereocenters. The molecule has 0 radical (unpaired) electrons. The minimum atomic E-state index is -0.512. The predicted molar refractivity (Wildman–Crippen MR) is 55.8 cm³/mol. The summed E-state index contributed by atoms with van der Waals surface area (Å²) in [6.45, 7) is 10.5. The predicted octanol–water partition coefficient (Wildman–Crippen LogP) is 2.02. The molecule has 0 amide bonds. The molecule has 0 aromatic rings. The van der Waals surface area contributed by atoms with Crippen LogP contribution in [0.5, 0.6) is 0 Å². The lowest BCUT2D eigenvalue weighted by Gasteiger charge is -2.36. The van der Waals surface area contributed by atoms with Crippen molar-refractivity contribution >= 4 is 0 Å². The fourth-order valence-electron chi connectivity index (χ4n) is 1.98. The van der Waals surface area contributed by atoms with Crippen molar-refractivity contribution in [2.24, 2.45) is 0 Å². The van der Waals surface area contributed by atoms with Crippen molar-refractivity contribution in [1.82, 2.24) is 4.90 Å². The van der Waals surface area contributed by atoms with Crippen LogP contribution in [0.2, 0.25) is 0 Å². The molecule has 0 bridgehead atoms. The Morgan fingerprint density at radius 1 is 1.46 bits per heavy atom. The lowest BCUT2D eigenvalue weighted by Crippen LogP contribution is -2.47. The van der Waals surface area contributed by atoms with Crippen LogP contribution >= 0.6 is 0 Å². The second kappa shape index (κ2) is 3.58. The summed E-state index contributed by atoms with van der Waals surface area (Å²) in [5.41, 5.74) is -0.221. The Morgan fingerprint density at radius 3 is 2.46 bits per heavy atom. The van der Waals surface area contributed by atoms with Crippen LogP contribution in [0.4, 0.5) is 0 Å². The molecule has 0 aromatic carbocycles. The summed E-state index contributed by atoms with van der Waals surface area (Å²) in [6, 6.07) is 0. The molecule has 1 N–H and O–H groups in total. The van der Waals surface area contributed by atoms with Crippen molar-refractivity contribution in [1.29, 1.82) is 0 Å². The highest BCUT2D eigenvalue weighted by Crippen LogP contribution is 2.29. The lowest BCUT2D eigenvalue weighted by atomic mass is 9.98. The Bertz CT molecular complexity index is 175. The van der Waals surface area contributed by atoms with Crippen LogP contribution < -0.4 is 0 Å². The van der Waals surface area contributed by atoms with Crippen LogP contribution in [0.1, 0.15) is 47.0 Å². The van der Waals surface area contributed by atoms with Crippen molar-refractivity contribution in [3.05, 3.63) is 0 Å². The Labute approximate surface area is 81.9 Å². The molecule has 13 heavy (non-hydrogen) atoms. The molecule has 0 spiro atoms. The Balaban J connectivity index is 2.54. The van der Waals surface area contributed by atoms with Crippen LogP contribution in [0.15, 0.2) is 0 Å². The molecule has 1 aliphatic rings. The number of β-amino-alcohol motifs (C(OH)–C–C–N with tert-alkyl or cyclic N) is 1. The van der Waals surface area contributed by atoms with Crippen LogP contribution in [-0.4, -0.2) is 34.2 Å². The van der Waals surface area contributed by atoms with Gasteiger partial charge in [0.1, 0.15) is 0 Å². The van der Waals surface area contributed by atoms with E-state index in [1.807, 2.05) is 13.8 Å². The van der Waals surface area contributed by atoms with E-state index >= 15 is 0 Å². The number of hydrogen-bond donors (Lipinski definition) is 1. The van der Waals surface area contributed by atoms with Crippen LogP contribution in [-0.2, 0) is 0 Å². The van der Waals surface area contributed by atoms with Crippen LogP contribution in [0, 0.1) is 0 Å². The van der Waals surface area contributed by atoms with Crippen LogP contribution in [0.25, 0.3) is 0 Å². The fraction of sp³-hybridized carbons (Fsp3) is 1.00. The number of aliphatic hydroxyl groups is 1. The molecule has 0 aromatic heterocycles. The monoisotopic (exact) mass is 185 g/mol. The highest BCUT2D eigenvalue weighted by atomic mass is 16.3. The second-order valence-electron chi connectivity index (χ2n) is 5.19. The maximum atomic E-state index is 9.97. The molecule has 1 rings (SSSR count). The molecule has 2 heteroatoms. The zero-order chi connectivity index (χ0) is 10.1. The first-order chi connectivity index (χ1) is 5.87. The van der Waals surface area contributed by atoms with Crippen molar-refractivity contribution in [2.75, 3.05) is 13.1 Å². The summed E-state index contributed by atoms with van der Waals surface area (Å²) in [6.07, 6.45) is 3.36. The summed E-state index contributed by atoms with van der Waals surface area (Å²) in [7, 11) is 0. The van der Waals surface area contributed by atoms with Gasteiger partial charge >= 0.3 is 0 Å². The van der Waals surface area contributed by atoms with Gasteiger partial charge in [-0.05, 0) is 46.6 Å². The minimum Gasteiger partial charge on any atom is -0.389 e. The van der Waals surface area contributed by atoms with Gasteiger partial charge in [0.2, 0.25) is 0 Å². The summed E-state index contributed by atoms with van der Waals surface area (Å²) in [5, 5.41) is 9.97. The maximum absolute atomic E-state index is 9.97. The number of nitrogens with zero attached hydrogens (tertiary/aromatic N) is 1. The van der Waals surface area contributed by atoms with Crippen molar-refractivity contribution in [2.45, 2.75) is 58.1 Å². The first kappa shape index (κ1) is 11.0. The van der Waals surface area contributed by atoms with E-state index in [-0.39, 0.29) is 0 Å². The molecule has 2 nitrogen and oxygen atoms in total. The first-order valence-electron chi connectivity index (χ1n) is 5.35. The molecular formula is C11H23NO. The molecule has 1 saturated heterocycles. The number of hydrogen-bond acceptors (Lipinski definition) is 2. The molecule has 1 heterocycles. The van der Waals surface area contributed by atoms with Gasteiger partial charge in [0.25, 0.3) is 0 Å². The fourth-order valence-corrected chi connectivity index (χ4v) is 1.98. The third-order valence-electron chi connectivity index (χ3n) is 3.37. The zero-order valence-electron chi connectivity index (χ0n) is 9.43. The van der Waals surface area contributed by atoms with E-state index in [0.29, 0.717) is 5.54 Å². The SMILES string of the molecule is CCC(C)(O)CN1CCCC1(C)C. The molecule has 1 fully saturated rings. The highest BCUT2D eigenvalue weighted by Gasteiger charge is 2.35. The number of rotatable bonds is 3. The Morgan fingerprint density at radius 2 is 2.08 bits per heavy atom. The minimum absolute atomic E-state index is 0.291. The smallest absolute Gasteiger partial charge is 0.0743 e. The molecular weight excluding hydrogens is 162 g/mol. The van der Waals surface area contributed by atoms with Gasteiger partial charge in [0.15, 0.2) is 0 Å². The van der Waals surface area contributed by atoms with Gasteiger partial charge < -0.3 is 5.11 Å². The molecule has 0 saturated carbocycles. The van der Waals surface area contributed by atoms with Gasteiger partial charge in [0, 0.05) is 12.1 Å². The molecule has 1 atom stereocenters. The highest BCUT2D eigenvalue weighted by molar-refractivity contribution is 4.91. The standard InChI is InChI=1S/C11H23NO/c1-5-11(4,13)9-12-8-6-7-10(12,2)3/h13H,5-9H2,1-4H3. The zero-order valence-corrected chi connectivity index (χ0v) is 9.43. The van der Waals surface area contributed by atoms with E-state index in [1.54, 1.807) is 0 Å². The molecule has 0 aliphatic carbocycles. The molecule has 78 valence electrons. The van der Waals surface area contributed by atoms with Gasteiger partial charge in [-0.1, -0.05) is 6.92 Å². The summed E-state index contributed by atoms with van der Waals surface area (Å²) < 4.78 is 0. The van der Waals surface area contributed by atoms with E-state index in [2.05, 4.69) is 18.7 Å². The van der Waals surface area contributed by atoms with Gasteiger partial charge in [0.05, 0.1) is 5.60 Å². The third-order valence-corrected chi connectivity index (χ3v) is 3.37. The van der Waals surface area contributed by atoms with E-state index in [9.17, 15) is 5.11 Å². The Kier molecular flexibility index (Phi) is 3.03. The van der Waals surface area contributed by atoms with Gasteiger partial charge in [-0.3, -0.25) is 4.90 Å². The largest absolute Gasteiger partial charge is 0.389 e. The molecule has 1 aliphatic heterocycles. The maximum Gasteiger partial charge on any atom is 0.0743 e. The topological polar surface area (TPSA) is 23.5 Å². The normalized spacial score (nSPS) is 27.5. The Hall–Kier alpha value is -0.0800. The quantitative estimate of drug-likeness (QED) is 0.727. The van der Waals surface area contributed by atoms with E-state index < -0.39 is 5.60 Å². The van der Waals surface area contributed by atoms with E-state index in [4.69, 9.17) is 0 Å². The summed E-state index contributed by atoms with van der Waals surface area (Å²) in [4.78, 5) is 2.41. The van der Waals surface area contributed by atoms with Gasteiger partial charge in [-0.15, -0.1) is 0 Å². The first-order valence-corrected chi connectivity index (χ1v) is 5.35. The van der Waals surface area contributed by atoms with E-state index in [0.717, 1.165) is 19.5 Å². The van der Waals surface area contributed by atoms with Crippen molar-refractivity contribution in [3.63, 3.8) is 0 Å². The second-order valence-corrected chi connectivity index (χ2v) is 5.19. The van der Waals surface area contributed by atoms with Gasteiger partial charge in [-0.25, -0.2) is 0 Å². The van der Waals surface area contributed by atoms with Crippen molar-refractivity contribution < 1.29 is 5.11 Å². The van der Waals surface area contributed by atoms with Crippen molar-refractivity contribution in [3.8, 4) is 0 Å². The van der Waals surface area contributed by atoms with E-state index in [1.165, 1.54) is 12.8 Å².